The molecule has 1 spiro atoms. The molecule has 37 heavy (non-hydrogen) atoms. The number of nitrogens with zero attached hydrogens (tertiary/aromatic N) is 1. The average Bonchev–Trinajstić information content (AvgIpc) is 3.59. The summed E-state index contributed by atoms with van der Waals surface area (Å²) < 4.78 is 25.3. The van der Waals surface area contributed by atoms with Gasteiger partial charge in [0.1, 0.15) is 11.6 Å². The standard InChI is InChI=1S/C27H28FN3O6/c1-29-17-7-6-16(4-3-5-24(32)33)22(12-17)31-26(35)20-15-27(20)8-10-37-23-14-21(28)18(13-19(23)27)25(34)30-9-11-36-2/h6-7,12-14,20H,3-5,8-11,15H2,2H3,(H,30,34)(H,31,35)(H,32,33)/t20-,27-/m0/s1. The molecule has 0 unspecified atom stereocenters. The van der Waals surface area contributed by atoms with Gasteiger partial charge >= 0.3 is 5.97 Å². The number of anilines is 1. The fourth-order valence-electron chi connectivity index (χ4n) is 4.92. The van der Waals surface area contributed by atoms with Crippen LogP contribution in [0.2, 0.25) is 0 Å². The van der Waals surface area contributed by atoms with Gasteiger partial charge in [-0.05, 0) is 43.4 Å². The maximum absolute atomic E-state index is 14.7. The van der Waals surface area contributed by atoms with E-state index in [4.69, 9.17) is 21.2 Å². The molecule has 2 aromatic carbocycles. The number of carboxylic acid groups (broad SMARTS) is 1. The topological polar surface area (TPSA) is 118 Å². The number of hydrogen-bond donors (Lipinski definition) is 3. The van der Waals surface area contributed by atoms with E-state index in [0.29, 0.717) is 61.6 Å². The van der Waals surface area contributed by atoms with Crippen LogP contribution >= 0.6 is 0 Å². The zero-order valence-corrected chi connectivity index (χ0v) is 20.4. The van der Waals surface area contributed by atoms with Gasteiger partial charge in [-0.1, -0.05) is 12.1 Å². The van der Waals surface area contributed by atoms with E-state index in [0.717, 1.165) is 5.56 Å². The first-order chi connectivity index (χ1) is 17.8. The maximum Gasteiger partial charge on any atom is 0.303 e. The Morgan fingerprint density at radius 2 is 2.11 bits per heavy atom. The van der Waals surface area contributed by atoms with Crippen LogP contribution in [0.15, 0.2) is 30.3 Å². The number of nitrogens with one attached hydrogen (secondary N) is 2. The van der Waals surface area contributed by atoms with Gasteiger partial charge in [-0.15, -0.1) is 0 Å². The van der Waals surface area contributed by atoms with Crippen molar-refractivity contribution in [3.8, 4) is 5.75 Å². The summed E-state index contributed by atoms with van der Waals surface area (Å²) in [5.41, 5.74) is 1.54. The highest BCUT2D eigenvalue weighted by Gasteiger charge is 2.61. The number of carbonyl (C=O) groups excluding carboxylic acids is 2. The lowest BCUT2D eigenvalue weighted by molar-refractivity contribution is -0.137. The maximum atomic E-state index is 14.7. The van der Waals surface area contributed by atoms with Crippen LogP contribution in [0.4, 0.5) is 15.8 Å². The van der Waals surface area contributed by atoms with Crippen LogP contribution < -0.4 is 15.4 Å². The van der Waals surface area contributed by atoms with Crippen molar-refractivity contribution in [2.24, 2.45) is 5.92 Å². The van der Waals surface area contributed by atoms with Crippen LogP contribution in [-0.4, -0.2) is 49.8 Å². The number of benzene rings is 2. The van der Waals surface area contributed by atoms with Crippen molar-refractivity contribution in [3.05, 3.63) is 64.3 Å². The lowest BCUT2D eigenvalue weighted by Gasteiger charge is -2.27. The Labute approximate surface area is 213 Å². The van der Waals surface area contributed by atoms with Gasteiger partial charge in [-0.3, -0.25) is 14.4 Å². The van der Waals surface area contributed by atoms with Gasteiger partial charge in [0.2, 0.25) is 5.91 Å². The Balaban J connectivity index is 1.55. The molecule has 194 valence electrons. The van der Waals surface area contributed by atoms with Gasteiger partial charge in [-0.2, -0.15) is 0 Å². The predicted molar refractivity (Wildman–Crippen MR) is 132 cm³/mol. The number of hydrogen-bond acceptors (Lipinski definition) is 5. The molecular weight excluding hydrogens is 481 g/mol. The van der Waals surface area contributed by atoms with Crippen LogP contribution in [0.1, 0.15) is 47.2 Å². The summed E-state index contributed by atoms with van der Waals surface area (Å²) in [6.45, 7) is 8.14. The molecule has 1 heterocycles. The van der Waals surface area contributed by atoms with Gasteiger partial charge in [0.15, 0.2) is 5.69 Å². The van der Waals surface area contributed by atoms with Gasteiger partial charge in [0.05, 0.1) is 25.3 Å². The number of aryl methyl sites for hydroxylation is 1. The first-order valence-electron chi connectivity index (χ1n) is 12.1. The number of fused-ring (bicyclic) bond motifs is 2. The van der Waals surface area contributed by atoms with Crippen LogP contribution in [0.3, 0.4) is 0 Å². The van der Waals surface area contributed by atoms with Crippen molar-refractivity contribution < 1.29 is 33.4 Å². The van der Waals surface area contributed by atoms with Gasteiger partial charge in [0.25, 0.3) is 5.91 Å². The van der Waals surface area contributed by atoms with E-state index >= 15 is 0 Å². The minimum absolute atomic E-state index is 0.00157. The molecule has 0 bridgehead atoms. The molecule has 0 saturated heterocycles. The molecule has 0 aromatic heterocycles. The molecule has 1 aliphatic carbocycles. The van der Waals surface area contributed by atoms with Crippen molar-refractivity contribution in [1.82, 2.24) is 5.32 Å². The van der Waals surface area contributed by atoms with Crippen molar-refractivity contribution in [3.63, 3.8) is 0 Å². The summed E-state index contributed by atoms with van der Waals surface area (Å²) in [5, 5.41) is 14.5. The molecule has 1 saturated carbocycles. The van der Waals surface area contributed by atoms with E-state index in [1.165, 1.54) is 19.2 Å². The number of aliphatic carboxylic acids is 1. The fraction of sp³-hybridized carbons (Fsp3) is 0.407. The third kappa shape index (κ3) is 5.57. The Kier molecular flexibility index (Phi) is 7.74. The summed E-state index contributed by atoms with van der Waals surface area (Å²) in [7, 11) is 1.50. The van der Waals surface area contributed by atoms with Crippen LogP contribution in [0.5, 0.6) is 5.75 Å². The minimum atomic E-state index is -0.898. The normalized spacial score (nSPS) is 19.3. The molecule has 3 N–H and O–H groups in total. The quantitative estimate of drug-likeness (QED) is 0.331. The van der Waals surface area contributed by atoms with Crippen molar-refractivity contribution in [2.45, 2.75) is 37.5 Å². The van der Waals surface area contributed by atoms with Crippen LogP contribution in [0, 0.1) is 18.3 Å². The highest BCUT2D eigenvalue weighted by Crippen LogP contribution is 2.61. The predicted octanol–water partition coefficient (Wildman–Crippen LogP) is 3.84. The molecule has 1 aliphatic heterocycles. The van der Waals surface area contributed by atoms with Gasteiger partial charge in [0, 0.05) is 48.7 Å². The van der Waals surface area contributed by atoms with Crippen LogP contribution in [0.25, 0.3) is 4.85 Å². The number of ether oxygens (including phenoxy) is 2. The number of amides is 2. The largest absolute Gasteiger partial charge is 0.493 e. The molecule has 4 rings (SSSR count). The third-order valence-electron chi connectivity index (χ3n) is 6.96. The number of carboxylic acids is 1. The van der Waals surface area contributed by atoms with E-state index in [1.807, 2.05) is 0 Å². The number of carbonyl (C=O) groups is 3. The molecule has 2 amide bonds. The molecule has 0 radical (unpaired) electrons. The lowest BCUT2D eigenvalue weighted by Crippen LogP contribution is -2.30. The fourth-order valence-corrected chi connectivity index (χ4v) is 4.92. The van der Waals surface area contributed by atoms with Crippen molar-refractivity contribution in [1.29, 1.82) is 0 Å². The Morgan fingerprint density at radius 3 is 2.84 bits per heavy atom. The van der Waals surface area contributed by atoms with E-state index in [1.54, 1.807) is 18.2 Å². The first kappa shape index (κ1) is 26.1. The summed E-state index contributed by atoms with van der Waals surface area (Å²) >= 11 is 0. The molecule has 2 aromatic rings. The number of methoxy groups -OCH3 is 1. The summed E-state index contributed by atoms with van der Waals surface area (Å²) in [6.07, 6.45) is 1.89. The highest BCUT2D eigenvalue weighted by molar-refractivity contribution is 5.98. The Morgan fingerprint density at radius 1 is 1.30 bits per heavy atom. The second-order valence-corrected chi connectivity index (χ2v) is 9.28. The SMILES string of the molecule is [C-]#[N+]c1ccc(CCCC(=O)O)c(NC(=O)[C@@H]2C[C@]23CCOc2cc(F)c(C(=O)NCCOC)cc23)c1. The number of halogens is 1. The van der Waals surface area contributed by atoms with E-state index in [9.17, 15) is 18.8 Å². The van der Waals surface area contributed by atoms with Gasteiger partial charge < -0.3 is 25.2 Å². The highest BCUT2D eigenvalue weighted by atomic mass is 19.1. The molecule has 9 nitrogen and oxygen atoms in total. The Hall–Kier alpha value is -3.97. The van der Waals surface area contributed by atoms with E-state index in [2.05, 4.69) is 15.5 Å². The van der Waals surface area contributed by atoms with Crippen molar-refractivity contribution in [2.75, 3.05) is 32.2 Å². The van der Waals surface area contributed by atoms with Crippen LogP contribution in [-0.2, 0) is 26.2 Å². The van der Waals surface area contributed by atoms with E-state index in [-0.39, 0.29) is 24.4 Å². The van der Waals surface area contributed by atoms with Gasteiger partial charge in [-0.25, -0.2) is 9.24 Å². The molecule has 10 heteroatoms. The monoisotopic (exact) mass is 509 g/mol. The van der Waals surface area contributed by atoms with E-state index < -0.39 is 29.0 Å². The second-order valence-electron chi connectivity index (χ2n) is 9.28. The number of rotatable bonds is 10. The third-order valence-corrected chi connectivity index (χ3v) is 6.96. The summed E-state index contributed by atoms with van der Waals surface area (Å²) in [4.78, 5) is 40.2. The molecule has 2 aliphatic rings. The second kappa shape index (κ2) is 11.0. The average molecular weight is 510 g/mol. The Bertz CT molecular complexity index is 1270. The smallest absolute Gasteiger partial charge is 0.303 e. The lowest BCUT2D eigenvalue weighted by atomic mass is 9.86. The summed E-state index contributed by atoms with van der Waals surface area (Å²) in [5.74, 6) is -2.50. The minimum Gasteiger partial charge on any atom is -0.493 e. The molecular formula is C27H28FN3O6. The zero-order valence-electron chi connectivity index (χ0n) is 20.4. The zero-order chi connectivity index (χ0) is 26.6. The van der Waals surface area contributed by atoms with Crippen molar-refractivity contribution >= 4 is 29.2 Å². The summed E-state index contributed by atoms with van der Waals surface area (Å²) in [6, 6.07) is 7.64. The first-order valence-corrected chi connectivity index (χ1v) is 12.1. The molecule has 2 atom stereocenters. The molecule has 1 fully saturated rings.